The van der Waals surface area contributed by atoms with Crippen molar-refractivity contribution in [3.8, 4) is 0 Å². The molecule has 0 radical (unpaired) electrons. The van der Waals surface area contributed by atoms with Crippen molar-refractivity contribution in [1.82, 2.24) is 5.32 Å². The van der Waals surface area contributed by atoms with Crippen molar-refractivity contribution < 1.29 is 5.21 Å². The first-order valence-electron chi connectivity index (χ1n) is 4.78. The maximum Gasteiger partial charge on any atom is 0.140 e. The minimum atomic E-state index is 0.259. The standard InChI is InChI=1S/C9H21N3OS/c1-7(6-14-3)5-11-8(2)4-9(10)12-13/h7-8,11,13H,4-6H2,1-3H3,(H2,10,12). The predicted molar refractivity (Wildman–Crippen MR) is 63.0 cm³/mol. The van der Waals surface area contributed by atoms with Crippen LogP contribution < -0.4 is 11.1 Å². The molecule has 4 nitrogen and oxygen atoms in total. The summed E-state index contributed by atoms with van der Waals surface area (Å²) in [6.45, 7) is 5.21. The van der Waals surface area contributed by atoms with Gasteiger partial charge in [-0.3, -0.25) is 0 Å². The third-order valence-electron chi connectivity index (χ3n) is 1.91. The van der Waals surface area contributed by atoms with Gasteiger partial charge in [0.1, 0.15) is 5.84 Å². The van der Waals surface area contributed by atoms with Gasteiger partial charge in [0.15, 0.2) is 0 Å². The van der Waals surface area contributed by atoms with Gasteiger partial charge in [0.05, 0.1) is 0 Å². The molecule has 0 aliphatic carbocycles. The van der Waals surface area contributed by atoms with E-state index in [2.05, 4.69) is 23.7 Å². The van der Waals surface area contributed by atoms with E-state index >= 15 is 0 Å². The summed E-state index contributed by atoms with van der Waals surface area (Å²) in [6.07, 6.45) is 2.69. The molecule has 0 fully saturated rings. The van der Waals surface area contributed by atoms with E-state index in [1.807, 2.05) is 18.7 Å². The molecule has 5 heteroatoms. The van der Waals surface area contributed by atoms with Crippen molar-refractivity contribution in [3.05, 3.63) is 0 Å². The van der Waals surface area contributed by atoms with Gasteiger partial charge in [-0.15, -0.1) is 0 Å². The molecule has 0 saturated heterocycles. The number of hydrogen-bond donors (Lipinski definition) is 3. The number of hydrogen-bond acceptors (Lipinski definition) is 4. The predicted octanol–water partition coefficient (Wildman–Crippen LogP) is 1.10. The van der Waals surface area contributed by atoms with Crippen LogP contribution in [0.1, 0.15) is 20.3 Å². The Morgan fingerprint density at radius 2 is 2.21 bits per heavy atom. The van der Waals surface area contributed by atoms with Crippen LogP contribution in [0.5, 0.6) is 0 Å². The second-order valence-corrected chi connectivity index (χ2v) is 4.58. The van der Waals surface area contributed by atoms with Crippen LogP contribution in [0.4, 0.5) is 0 Å². The highest BCUT2D eigenvalue weighted by atomic mass is 32.2. The maximum atomic E-state index is 8.38. The average Bonchev–Trinajstić information content (AvgIpc) is 2.15. The summed E-state index contributed by atoms with van der Waals surface area (Å²) in [4.78, 5) is 0. The molecule has 0 saturated carbocycles. The van der Waals surface area contributed by atoms with E-state index in [1.54, 1.807) is 0 Å². The normalized spacial score (nSPS) is 16.6. The van der Waals surface area contributed by atoms with Crippen molar-refractivity contribution in [2.75, 3.05) is 18.6 Å². The van der Waals surface area contributed by atoms with Crippen LogP contribution in [0.15, 0.2) is 5.16 Å². The van der Waals surface area contributed by atoms with E-state index in [0.29, 0.717) is 12.3 Å². The number of oxime groups is 1. The lowest BCUT2D eigenvalue weighted by Gasteiger charge is -2.16. The largest absolute Gasteiger partial charge is 0.409 e. The van der Waals surface area contributed by atoms with Gasteiger partial charge < -0.3 is 16.3 Å². The molecule has 4 N–H and O–H groups in total. The fourth-order valence-corrected chi connectivity index (χ4v) is 1.86. The lowest BCUT2D eigenvalue weighted by atomic mass is 10.2. The molecule has 0 aromatic rings. The summed E-state index contributed by atoms with van der Waals surface area (Å²) in [5, 5.41) is 14.7. The number of nitrogens with one attached hydrogen (secondary N) is 1. The maximum absolute atomic E-state index is 8.38. The van der Waals surface area contributed by atoms with E-state index in [1.165, 1.54) is 0 Å². The summed E-state index contributed by atoms with van der Waals surface area (Å²) < 4.78 is 0. The highest BCUT2D eigenvalue weighted by molar-refractivity contribution is 7.98. The molecule has 84 valence electrons. The molecule has 0 aromatic heterocycles. The fraction of sp³-hybridized carbons (Fsp3) is 0.889. The lowest BCUT2D eigenvalue weighted by molar-refractivity contribution is 0.315. The highest BCUT2D eigenvalue weighted by Gasteiger charge is 2.06. The highest BCUT2D eigenvalue weighted by Crippen LogP contribution is 2.03. The van der Waals surface area contributed by atoms with Gasteiger partial charge in [-0.05, 0) is 31.4 Å². The Morgan fingerprint density at radius 1 is 1.57 bits per heavy atom. The first-order valence-corrected chi connectivity index (χ1v) is 6.18. The van der Waals surface area contributed by atoms with Crippen LogP contribution in [0, 0.1) is 5.92 Å². The molecular formula is C9H21N3OS. The molecule has 2 atom stereocenters. The molecule has 0 rings (SSSR count). The molecule has 0 heterocycles. The summed E-state index contributed by atoms with van der Waals surface area (Å²) in [6, 6.07) is 0.259. The van der Waals surface area contributed by atoms with Gasteiger partial charge in [0.2, 0.25) is 0 Å². The summed E-state index contributed by atoms with van der Waals surface area (Å²) in [5.74, 6) is 2.09. The van der Waals surface area contributed by atoms with Crippen molar-refractivity contribution >= 4 is 17.6 Å². The van der Waals surface area contributed by atoms with E-state index in [4.69, 9.17) is 10.9 Å². The molecule has 0 aromatic carbocycles. The minimum Gasteiger partial charge on any atom is -0.409 e. The number of nitrogens with two attached hydrogens (primary N) is 1. The van der Waals surface area contributed by atoms with Crippen LogP contribution in [-0.2, 0) is 0 Å². The van der Waals surface area contributed by atoms with Gasteiger partial charge in [-0.25, -0.2) is 0 Å². The van der Waals surface area contributed by atoms with Crippen molar-refractivity contribution in [2.45, 2.75) is 26.3 Å². The van der Waals surface area contributed by atoms with Crippen molar-refractivity contribution in [2.24, 2.45) is 16.8 Å². The zero-order valence-electron chi connectivity index (χ0n) is 9.16. The summed E-state index contributed by atoms with van der Waals surface area (Å²) in [7, 11) is 0. The number of thioether (sulfide) groups is 1. The van der Waals surface area contributed by atoms with Crippen LogP contribution in [0.25, 0.3) is 0 Å². The zero-order chi connectivity index (χ0) is 11.0. The van der Waals surface area contributed by atoms with Crippen LogP contribution in [0.2, 0.25) is 0 Å². The summed E-state index contributed by atoms with van der Waals surface area (Å²) in [5.41, 5.74) is 5.39. The zero-order valence-corrected chi connectivity index (χ0v) is 9.97. The second kappa shape index (κ2) is 7.94. The minimum absolute atomic E-state index is 0.259. The Morgan fingerprint density at radius 3 is 2.71 bits per heavy atom. The lowest BCUT2D eigenvalue weighted by Crippen LogP contribution is -2.34. The van der Waals surface area contributed by atoms with E-state index in [-0.39, 0.29) is 11.9 Å². The first kappa shape index (κ1) is 13.6. The Labute approximate surface area is 90.3 Å². The molecular weight excluding hydrogens is 198 g/mol. The quantitative estimate of drug-likeness (QED) is 0.259. The molecule has 14 heavy (non-hydrogen) atoms. The van der Waals surface area contributed by atoms with Gasteiger partial charge in [0, 0.05) is 12.5 Å². The van der Waals surface area contributed by atoms with Crippen LogP contribution in [0.3, 0.4) is 0 Å². The second-order valence-electron chi connectivity index (χ2n) is 3.67. The van der Waals surface area contributed by atoms with Gasteiger partial charge in [0.25, 0.3) is 0 Å². The molecule has 0 amide bonds. The van der Waals surface area contributed by atoms with Gasteiger partial charge in [-0.1, -0.05) is 12.1 Å². The topological polar surface area (TPSA) is 70.6 Å². The Balaban J connectivity index is 3.57. The van der Waals surface area contributed by atoms with Crippen molar-refractivity contribution in [1.29, 1.82) is 0 Å². The first-order chi connectivity index (χ1) is 6.60. The summed E-state index contributed by atoms with van der Waals surface area (Å²) >= 11 is 1.85. The molecule has 2 unspecified atom stereocenters. The molecule has 0 aliphatic rings. The van der Waals surface area contributed by atoms with Gasteiger partial charge in [-0.2, -0.15) is 11.8 Å². The Bertz CT molecular complexity index is 175. The van der Waals surface area contributed by atoms with E-state index in [0.717, 1.165) is 12.3 Å². The average molecular weight is 219 g/mol. The van der Waals surface area contributed by atoms with Crippen LogP contribution in [-0.4, -0.2) is 35.6 Å². The van der Waals surface area contributed by atoms with E-state index < -0.39 is 0 Å². The van der Waals surface area contributed by atoms with Crippen molar-refractivity contribution in [3.63, 3.8) is 0 Å². The monoisotopic (exact) mass is 219 g/mol. The number of nitrogens with zero attached hydrogens (tertiary/aromatic N) is 1. The number of rotatable bonds is 7. The SMILES string of the molecule is CSCC(C)CNC(C)CC(N)=NO. The van der Waals surface area contributed by atoms with Crippen LogP contribution >= 0.6 is 11.8 Å². The smallest absolute Gasteiger partial charge is 0.140 e. The molecule has 0 aliphatic heterocycles. The third kappa shape index (κ3) is 7.03. The van der Waals surface area contributed by atoms with E-state index in [9.17, 15) is 0 Å². The Kier molecular flexibility index (Phi) is 7.70. The third-order valence-corrected chi connectivity index (χ3v) is 2.81. The Hall–Kier alpha value is -0.420. The fourth-order valence-electron chi connectivity index (χ4n) is 1.17. The number of amidine groups is 1. The van der Waals surface area contributed by atoms with Gasteiger partial charge >= 0.3 is 0 Å². The molecule has 0 bridgehead atoms. The molecule has 0 spiro atoms.